The summed E-state index contributed by atoms with van der Waals surface area (Å²) < 4.78 is 2.53. The van der Waals surface area contributed by atoms with Crippen molar-refractivity contribution < 1.29 is 4.79 Å². The van der Waals surface area contributed by atoms with Gasteiger partial charge in [-0.3, -0.25) is 18.7 Å². The molecule has 0 spiro atoms. The summed E-state index contributed by atoms with van der Waals surface area (Å²) in [5.74, 6) is 0.0276. The minimum absolute atomic E-state index is 0.000291. The van der Waals surface area contributed by atoms with E-state index in [-0.39, 0.29) is 17.1 Å². The SMILES string of the molecule is CCCn1c(=O)n(C)c(=O)c2c(SCC(N)=O)nc(C(C)C)nc21. The summed E-state index contributed by atoms with van der Waals surface area (Å²) in [6, 6.07) is 0. The molecule has 0 aromatic carbocycles. The van der Waals surface area contributed by atoms with Crippen LogP contribution < -0.4 is 17.0 Å². The second kappa shape index (κ2) is 7.16. The van der Waals surface area contributed by atoms with Gasteiger partial charge in [-0.25, -0.2) is 14.8 Å². The van der Waals surface area contributed by atoms with E-state index in [0.717, 1.165) is 22.7 Å². The minimum Gasteiger partial charge on any atom is -0.369 e. The summed E-state index contributed by atoms with van der Waals surface area (Å²) >= 11 is 1.09. The second-order valence-corrected chi connectivity index (χ2v) is 6.76. The summed E-state index contributed by atoms with van der Waals surface area (Å²) in [6.07, 6.45) is 0.720. The van der Waals surface area contributed by atoms with Gasteiger partial charge in [0.1, 0.15) is 16.2 Å². The van der Waals surface area contributed by atoms with Gasteiger partial charge in [0.15, 0.2) is 5.65 Å². The molecule has 130 valence electrons. The van der Waals surface area contributed by atoms with Crippen molar-refractivity contribution in [2.24, 2.45) is 12.8 Å². The third-order valence-electron chi connectivity index (χ3n) is 3.48. The first-order valence-electron chi connectivity index (χ1n) is 7.70. The van der Waals surface area contributed by atoms with E-state index in [0.29, 0.717) is 23.0 Å². The van der Waals surface area contributed by atoms with E-state index in [4.69, 9.17) is 5.73 Å². The molecule has 24 heavy (non-hydrogen) atoms. The number of fused-ring (bicyclic) bond motifs is 1. The van der Waals surface area contributed by atoms with Crippen LogP contribution in [0.4, 0.5) is 0 Å². The number of thioether (sulfide) groups is 1. The maximum absolute atomic E-state index is 12.6. The highest BCUT2D eigenvalue weighted by molar-refractivity contribution is 8.00. The standard InChI is InChI=1S/C15H21N5O3S/c1-5-6-20-12-10(14(22)19(4)15(20)23)13(24-7-9(16)21)18-11(17-12)8(2)3/h8H,5-7H2,1-4H3,(H2,16,21). The van der Waals surface area contributed by atoms with Crippen molar-refractivity contribution in [2.75, 3.05) is 5.75 Å². The van der Waals surface area contributed by atoms with Crippen LogP contribution in [0.25, 0.3) is 11.0 Å². The van der Waals surface area contributed by atoms with E-state index < -0.39 is 17.2 Å². The predicted octanol–water partition coefficient (Wildman–Crippen LogP) is 0.601. The summed E-state index contributed by atoms with van der Waals surface area (Å²) in [5, 5.41) is 0.633. The summed E-state index contributed by atoms with van der Waals surface area (Å²) in [7, 11) is 1.43. The Labute approximate surface area is 143 Å². The van der Waals surface area contributed by atoms with Crippen LogP contribution in [0.3, 0.4) is 0 Å². The predicted molar refractivity (Wildman–Crippen MR) is 93.3 cm³/mol. The third-order valence-corrected chi connectivity index (χ3v) is 4.48. The molecule has 0 radical (unpaired) electrons. The Hall–Kier alpha value is -2.16. The highest BCUT2D eigenvalue weighted by atomic mass is 32.2. The van der Waals surface area contributed by atoms with Gasteiger partial charge >= 0.3 is 5.69 Å². The monoisotopic (exact) mass is 351 g/mol. The van der Waals surface area contributed by atoms with Gasteiger partial charge in [-0.2, -0.15) is 0 Å². The summed E-state index contributed by atoms with van der Waals surface area (Å²) in [6.45, 7) is 6.23. The molecule has 0 saturated carbocycles. The van der Waals surface area contributed by atoms with Crippen molar-refractivity contribution in [2.45, 2.75) is 44.7 Å². The molecule has 0 bridgehead atoms. The maximum atomic E-state index is 12.6. The zero-order chi connectivity index (χ0) is 18.0. The summed E-state index contributed by atoms with van der Waals surface area (Å²) in [4.78, 5) is 45.0. The highest BCUT2D eigenvalue weighted by Crippen LogP contribution is 2.24. The van der Waals surface area contributed by atoms with Crippen LogP contribution in [0.2, 0.25) is 0 Å². The molecular formula is C15H21N5O3S. The van der Waals surface area contributed by atoms with Gasteiger partial charge in [-0.15, -0.1) is 0 Å². The number of amides is 1. The van der Waals surface area contributed by atoms with Crippen LogP contribution in [-0.2, 0) is 18.4 Å². The lowest BCUT2D eigenvalue weighted by Crippen LogP contribution is -2.39. The van der Waals surface area contributed by atoms with Crippen LogP contribution in [-0.4, -0.2) is 30.8 Å². The van der Waals surface area contributed by atoms with Gasteiger partial charge in [-0.1, -0.05) is 32.5 Å². The van der Waals surface area contributed by atoms with Gasteiger partial charge < -0.3 is 5.73 Å². The zero-order valence-corrected chi connectivity index (χ0v) is 15.0. The van der Waals surface area contributed by atoms with E-state index in [1.54, 1.807) is 0 Å². The molecular weight excluding hydrogens is 330 g/mol. The fourth-order valence-electron chi connectivity index (χ4n) is 2.28. The third kappa shape index (κ3) is 3.35. The largest absolute Gasteiger partial charge is 0.369 e. The van der Waals surface area contributed by atoms with Crippen molar-refractivity contribution >= 4 is 28.7 Å². The average Bonchev–Trinajstić information content (AvgIpc) is 2.53. The molecule has 0 unspecified atom stereocenters. The van der Waals surface area contributed by atoms with Crippen molar-refractivity contribution in [3.63, 3.8) is 0 Å². The molecule has 0 saturated heterocycles. The second-order valence-electron chi connectivity index (χ2n) is 5.79. The quantitative estimate of drug-likeness (QED) is 0.602. The van der Waals surface area contributed by atoms with Crippen molar-refractivity contribution in [3.05, 3.63) is 26.7 Å². The average molecular weight is 351 g/mol. The molecule has 0 fully saturated rings. The number of carbonyl (C=O) groups excluding carboxylic acids is 1. The topological polar surface area (TPSA) is 113 Å². The molecule has 0 aliphatic carbocycles. The Morgan fingerprint density at radius 1 is 1.29 bits per heavy atom. The lowest BCUT2D eigenvalue weighted by molar-refractivity contribution is -0.115. The molecule has 1 amide bonds. The van der Waals surface area contributed by atoms with E-state index in [9.17, 15) is 14.4 Å². The number of nitrogens with two attached hydrogens (primary N) is 1. The molecule has 2 N–H and O–H groups in total. The van der Waals surface area contributed by atoms with Crippen molar-refractivity contribution in [1.82, 2.24) is 19.1 Å². The minimum atomic E-state index is -0.503. The fourth-order valence-corrected chi connectivity index (χ4v) is 3.04. The number of aromatic nitrogens is 4. The number of aryl methyl sites for hydroxylation is 1. The molecule has 0 aliphatic rings. The molecule has 0 atom stereocenters. The van der Waals surface area contributed by atoms with Crippen LogP contribution in [0.5, 0.6) is 0 Å². The van der Waals surface area contributed by atoms with Crippen molar-refractivity contribution in [3.8, 4) is 0 Å². The van der Waals surface area contributed by atoms with Gasteiger partial charge in [0.25, 0.3) is 5.56 Å². The van der Waals surface area contributed by atoms with Gasteiger partial charge in [-0.05, 0) is 6.42 Å². The van der Waals surface area contributed by atoms with E-state index in [1.807, 2.05) is 20.8 Å². The Morgan fingerprint density at radius 3 is 2.50 bits per heavy atom. The Morgan fingerprint density at radius 2 is 1.96 bits per heavy atom. The fraction of sp³-hybridized carbons (Fsp3) is 0.533. The van der Waals surface area contributed by atoms with Crippen molar-refractivity contribution in [1.29, 1.82) is 0 Å². The molecule has 2 aromatic rings. The van der Waals surface area contributed by atoms with Crippen LogP contribution in [0, 0.1) is 0 Å². The number of hydrogen-bond acceptors (Lipinski definition) is 6. The highest BCUT2D eigenvalue weighted by Gasteiger charge is 2.19. The summed E-state index contributed by atoms with van der Waals surface area (Å²) in [5.41, 5.74) is 4.65. The first-order valence-corrected chi connectivity index (χ1v) is 8.69. The molecule has 2 aromatic heterocycles. The molecule has 2 heterocycles. The maximum Gasteiger partial charge on any atom is 0.332 e. The van der Waals surface area contributed by atoms with Crippen LogP contribution >= 0.6 is 11.8 Å². The zero-order valence-electron chi connectivity index (χ0n) is 14.2. The molecule has 2 rings (SSSR count). The van der Waals surface area contributed by atoms with E-state index in [2.05, 4.69) is 9.97 Å². The Balaban J connectivity index is 2.90. The Kier molecular flexibility index (Phi) is 5.43. The number of nitrogens with zero attached hydrogens (tertiary/aromatic N) is 4. The number of primary amides is 1. The van der Waals surface area contributed by atoms with Gasteiger partial charge in [0.05, 0.1) is 5.75 Å². The van der Waals surface area contributed by atoms with Gasteiger partial charge in [0, 0.05) is 19.5 Å². The van der Waals surface area contributed by atoms with Crippen LogP contribution in [0.15, 0.2) is 14.6 Å². The molecule has 8 nitrogen and oxygen atoms in total. The van der Waals surface area contributed by atoms with E-state index in [1.165, 1.54) is 11.6 Å². The van der Waals surface area contributed by atoms with Crippen LogP contribution in [0.1, 0.15) is 38.9 Å². The Bertz CT molecular complexity index is 901. The lowest BCUT2D eigenvalue weighted by atomic mass is 10.2. The lowest BCUT2D eigenvalue weighted by Gasteiger charge is -2.14. The number of hydrogen-bond donors (Lipinski definition) is 1. The smallest absolute Gasteiger partial charge is 0.332 e. The number of rotatable bonds is 6. The van der Waals surface area contributed by atoms with E-state index >= 15 is 0 Å². The normalized spacial score (nSPS) is 11.4. The molecule has 0 aliphatic heterocycles. The molecule has 9 heteroatoms. The van der Waals surface area contributed by atoms with Gasteiger partial charge in [0.2, 0.25) is 5.91 Å². The first-order chi connectivity index (χ1) is 11.3. The first kappa shape index (κ1) is 18.2. The number of carbonyl (C=O) groups is 1.